The fourth-order valence-corrected chi connectivity index (χ4v) is 1.93. The number of carbonyl (C=O) groups is 2. The third-order valence-corrected chi connectivity index (χ3v) is 2.90. The maximum Gasteiger partial charge on any atom is 0.307 e. The van der Waals surface area contributed by atoms with Crippen LogP contribution in [0, 0.1) is 11.8 Å². The lowest BCUT2D eigenvalue weighted by molar-refractivity contribution is -0.147. The minimum Gasteiger partial charge on any atom is -0.481 e. The molecule has 1 heterocycles. The van der Waals surface area contributed by atoms with E-state index in [1.807, 2.05) is 6.08 Å². The summed E-state index contributed by atoms with van der Waals surface area (Å²) in [5, 5.41) is 24.7. The first kappa shape index (κ1) is 12.2. The van der Waals surface area contributed by atoms with Crippen molar-refractivity contribution in [3.8, 4) is 0 Å². The molecule has 2 unspecified atom stereocenters. The summed E-state index contributed by atoms with van der Waals surface area (Å²) in [4.78, 5) is 23.0. The van der Waals surface area contributed by atoms with E-state index in [0.29, 0.717) is 18.7 Å². The minimum atomic E-state index is -0.945. The van der Waals surface area contributed by atoms with E-state index in [4.69, 9.17) is 5.11 Å². The van der Waals surface area contributed by atoms with Gasteiger partial charge in [0, 0.05) is 0 Å². The number of amides is 1. The second-order valence-corrected chi connectivity index (χ2v) is 4.04. The van der Waals surface area contributed by atoms with Crippen LogP contribution < -0.4 is 5.32 Å². The Morgan fingerprint density at radius 3 is 2.72 bits per heavy atom. The third-order valence-electron chi connectivity index (χ3n) is 2.90. The summed E-state index contributed by atoms with van der Waals surface area (Å²) in [5.74, 6) is -2.09. The topological polar surface area (TPSA) is 121 Å². The van der Waals surface area contributed by atoms with Crippen molar-refractivity contribution in [2.45, 2.75) is 19.4 Å². The van der Waals surface area contributed by atoms with Gasteiger partial charge in [0.1, 0.15) is 0 Å². The van der Waals surface area contributed by atoms with Crippen molar-refractivity contribution in [2.75, 3.05) is 0 Å². The standard InChI is InChI=1S/C10H13N5O3/c16-9(11-5-8-12-14-15-13-8)6-3-1-2-4-7(6)10(17)18/h1-2,6-7H,3-5H2,(H,11,16)(H,17,18)(H,12,13,14,15). The molecule has 0 radical (unpaired) electrons. The highest BCUT2D eigenvalue weighted by molar-refractivity contribution is 5.85. The quantitative estimate of drug-likeness (QED) is 0.619. The number of rotatable bonds is 4. The van der Waals surface area contributed by atoms with Crippen molar-refractivity contribution in [3.63, 3.8) is 0 Å². The zero-order valence-electron chi connectivity index (χ0n) is 9.54. The molecule has 8 heteroatoms. The minimum absolute atomic E-state index is 0.141. The van der Waals surface area contributed by atoms with Crippen LogP contribution in [0.25, 0.3) is 0 Å². The molecule has 0 spiro atoms. The van der Waals surface area contributed by atoms with Crippen LogP contribution in [0.2, 0.25) is 0 Å². The first-order chi connectivity index (χ1) is 8.68. The second-order valence-electron chi connectivity index (χ2n) is 4.04. The lowest BCUT2D eigenvalue weighted by Crippen LogP contribution is -2.38. The molecule has 0 aromatic carbocycles. The number of nitrogens with one attached hydrogen (secondary N) is 2. The predicted octanol–water partition coefficient (Wildman–Crippen LogP) is -0.517. The van der Waals surface area contributed by atoms with E-state index in [1.165, 1.54) is 0 Å². The number of aliphatic carboxylic acids is 1. The molecule has 1 aliphatic carbocycles. The van der Waals surface area contributed by atoms with Crippen LogP contribution in [-0.4, -0.2) is 37.6 Å². The SMILES string of the molecule is O=C(O)C1CC=CCC1C(=O)NCc1nn[nH]n1. The van der Waals surface area contributed by atoms with Crippen molar-refractivity contribution in [1.82, 2.24) is 25.9 Å². The van der Waals surface area contributed by atoms with Gasteiger partial charge in [-0.25, -0.2) is 0 Å². The molecule has 0 fully saturated rings. The van der Waals surface area contributed by atoms with Gasteiger partial charge in [-0.15, -0.1) is 10.2 Å². The zero-order chi connectivity index (χ0) is 13.0. The summed E-state index contributed by atoms with van der Waals surface area (Å²) in [6.07, 6.45) is 4.45. The number of carbonyl (C=O) groups excluding carboxylic acids is 1. The maximum atomic E-state index is 11.9. The number of carboxylic acid groups (broad SMARTS) is 1. The van der Waals surface area contributed by atoms with Gasteiger partial charge in [0.15, 0.2) is 5.82 Å². The fourth-order valence-electron chi connectivity index (χ4n) is 1.93. The molecule has 1 aliphatic rings. The van der Waals surface area contributed by atoms with E-state index in [-0.39, 0.29) is 12.5 Å². The highest BCUT2D eigenvalue weighted by Gasteiger charge is 2.33. The van der Waals surface area contributed by atoms with Gasteiger partial charge in [-0.05, 0) is 12.8 Å². The van der Waals surface area contributed by atoms with Crippen molar-refractivity contribution in [3.05, 3.63) is 18.0 Å². The van der Waals surface area contributed by atoms with Crippen molar-refractivity contribution >= 4 is 11.9 Å². The van der Waals surface area contributed by atoms with Crippen molar-refractivity contribution in [1.29, 1.82) is 0 Å². The maximum absolute atomic E-state index is 11.9. The molecular weight excluding hydrogens is 238 g/mol. The Balaban J connectivity index is 1.94. The van der Waals surface area contributed by atoms with Crippen LogP contribution in [0.4, 0.5) is 0 Å². The number of nitrogens with zero attached hydrogens (tertiary/aromatic N) is 3. The Bertz CT molecular complexity index is 456. The Labute approximate surface area is 102 Å². The number of aromatic amines is 1. The Hall–Kier alpha value is -2.25. The van der Waals surface area contributed by atoms with E-state index >= 15 is 0 Å². The van der Waals surface area contributed by atoms with Crippen LogP contribution in [0.15, 0.2) is 12.2 Å². The summed E-state index contributed by atoms with van der Waals surface area (Å²) in [5.41, 5.74) is 0. The zero-order valence-corrected chi connectivity index (χ0v) is 9.54. The fraction of sp³-hybridized carbons (Fsp3) is 0.500. The molecule has 1 aromatic rings. The molecule has 96 valence electrons. The second kappa shape index (κ2) is 5.39. The third kappa shape index (κ3) is 2.70. The van der Waals surface area contributed by atoms with E-state index < -0.39 is 17.8 Å². The highest BCUT2D eigenvalue weighted by atomic mass is 16.4. The monoisotopic (exact) mass is 251 g/mol. The summed E-state index contributed by atoms with van der Waals surface area (Å²) < 4.78 is 0. The van der Waals surface area contributed by atoms with Crippen molar-refractivity contribution in [2.24, 2.45) is 11.8 Å². The molecule has 2 atom stereocenters. The molecule has 0 aliphatic heterocycles. The number of allylic oxidation sites excluding steroid dienone is 2. The van der Waals surface area contributed by atoms with Crippen LogP contribution in [0.1, 0.15) is 18.7 Å². The van der Waals surface area contributed by atoms with Gasteiger partial charge in [-0.1, -0.05) is 17.4 Å². The highest BCUT2D eigenvalue weighted by Crippen LogP contribution is 2.25. The molecule has 3 N–H and O–H groups in total. The summed E-state index contributed by atoms with van der Waals surface area (Å²) in [7, 11) is 0. The lowest BCUT2D eigenvalue weighted by Gasteiger charge is -2.23. The number of H-pyrrole nitrogens is 1. The van der Waals surface area contributed by atoms with Gasteiger partial charge in [0.2, 0.25) is 5.91 Å². The van der Waals surface area contributed by atoms with Crippen LogP contribution in [-0.2, 0) is 16.1 Å². The summed E-state index contributed by atoms with van der Waals surface area (Å²) in [6.45, 7) is 0.141. The van der Waals surface area contributed by atoms with Gasteiger partial charge < -0.3 is 10.4 Å². The predicted molar refractivity (Wildman–Crippen MR) is 59.0 cm³/mol. The normalized spacial score (nSPS) is 22.7. The largest absolute Gasteiger partial charge is 0.481 e. The number of hydrogen-bond donors (Lipinski definition) is 3. The van der Waals surface area contributed by atoms with E-state index in [1.54, 1.807) is 6.08 Å². The first-order valence-electron chi connectivity index (χ1n) is 5.56. The Morgan fingerprint density at radius 1 is 1.39 bits per heavy atom. The average Bonchev–Trinajstić information content (AvgIpc) is 2.89. The molecule has 1 amide bonds. The molecule has 0 saturated heterocycles. The number of hydrogen-bond acceptors (Lipinski definition) is 5. The van der Waals surface area contributed by atoms with Crippen molar-refractivity contribution < 1.29 is 14.7 Å². The van der Waals surface area contributed by atoms with Gasteiger partial charge in [0.05, 0.1) is 18.4 Å². The molecule has 1 aromatic heterocycles. The number of tetrazole rings is 1. The van der Waals surface area contributed by atoms with Crippen LogP contribution in [0.5, 0.6) is 0 Å². The van der Waals surface area contributed by atoms with E-state index in [0.717, 1.165) is 0 Å². The molecular formula is C10H13N5O3. The van der Waals surface area contributed by atoms with Gasteiger partial charge in [-0.2, -0.15) is 5.21 Å². The smallest absolute Gasteiger partial charge is 0.307 e. The van der Waals surface area contributed by atoms with Crippen LogP contribution in [0.3, 0.4) is 0 Å². The van der Waals surface area contributed by atoms with Crippen LogP contribution >= 0.6 is 0 Å². The molecule has 8 nitrogen and oxygen atoms in total. The molecule has 0 bridgehead atoms. The number of carboxylic acids is 1. The Kier molecular flexibility index (Phi) is 3.66. The Morgan fingerprint density at radius 2 is 2.11 bits per heavy atom. The van der Waals surface area contributed by atoms with E-state index in [9.17, 15) is 9.59 Å². The first-order valence-corrected chi connectivity index (χ1v) is 5.56. The number of aromatic nitrogens is 4. The van der Waals surface area contributed by atoms with Gasteiger partial charge in [-0.3, -0.25) is 9.59 Å². The summed E-state index contributed by atoms with van der Waals surface area (Å²) in [6, 6.07) is 0. The molecule has 18 heavy (non-hydrogen) atoms. The molecule has 2 rings (SSSR count). The molecule has 0 saturated carbocycles. The van der Waals surface area contributed by atoms with E-state index in [2.05, 4.69) is 25.9 Å². The lowest BCUT2D eigenvalue weighted by atomic mass is 9.82. The van der Waals surface area contributed by atoms with Gasteiger partial charge in [0.25, 0.3) is 0 Å². The summed E-state index contributed by atoms with van der Waals surface area (Å²) >= 11 is 0. The average molecular weight is 251 g/mol. The van der Waals surface area contributed by atoms with Gasteiger partial charge >= 0.3 is 5.97 Å².